The maximum absolute atomic E-state index is 8.90. The van der Waals surface area contributed by atoms with Crippen molar-refractivity contribution in [2.45, 2.75) is 0 Å². The number of diazo groups is 1. The van der Waals surface area contributed by atoms with Crippen LogP contribution in [0.5, 0.6) is 17.2 Å². The summed E-state index contributed by atoms with van der Waals surface area (Å²) < 4.78 is 0. The second kappa shape index (κ2) is 2.34. The van der Waals surface area contributed by atoms with Crippen molar-refractivity contribution in [2.24, 2.45) is 0 Å². The minimum Gasteiger partial charge on any atom is -0.508 e. The van der Waals surface area contributed by atoms with Crippen LogP contribution in [0.2, 0.25) is 0 Å². The van der Waals surface area contributed by atoms with E-state index in [1.54, 1.807) is 0 Å². The Hall–Kier alpha value is -1.96. The number of hydrogen-bond donors (Lipinski definition) is 3. The van der Waals surface area contributed by atoms with E-state index in [2.05, 4.69) is 4.98 Å². The minimum absolute atomic E-state index is 0.299. The Labute approximate surface area is 61.8 Å². The van der Waals surface area contributed by atoms with Gasteiger partial charge < -0.3 is 15.3 Å². The summed E-state index contributed by atoms with van der Waals surface area (Å²) in [6.45, 7) is 0. The van der Waals surface area contributed by atoms with E-state index in [4.69, 9.17) is 20.7 Å². The molecule has 0 radical (unpaired) electrons. The summed E-state index contributed by atoms with van der Waals surface area (Å²) in [7, 11) is 0. The van der Waals surface area contributed by atoms with Crippen molar-refractivity contribution in [2.75, 3.05) is 0 Å². The van der Waals surface area contributed by atoms with E-state index >= 15 is 0 Å². The van der Waals surface area contributed by atoms with Crippen LogP contribution in [0.15, 0.2) is 12.1 Å². The Morgan fingerprint density at radius 1 is 1.09 bits per heavy atom. The highest BCUT2D eigenvalue weighted by Gasteiger charge is 2.20. The third-order valence-electron chi connectivity index (χ3n) is 1.15. The highest BCUT2D eigenvalue weighted by atomic mass is 16.3. The number of phenols is 3. The first-order chi connectivity index (χ1) is 5.15. The molecule has 0 aliphatic heterocycles. The average Bonchev–Trinajstić information content (AvgIpc) is 1.85. The van der Waals surface area contributed by atoms with Crippen molar-refractivity contribution >= 4 is 5.69 Å². The molecule has 0 heterocycles. The molecule has 5 nitrogen and oxygen atoms in total. The molecule has 11 heavy (non-hydrogen) atoms. The summed E-state index contributed by atoms with van der Waals surface area (Å²) >= 11 is 0. The molecule has 0 atom stereocenters. The van der Waals surface area contributed by atoms with Gasteiger partial charge in [-0.1, -0.05) is 0 Å². The van der Waals surface area contributed by atoms with Crippen LogP contribution >= 0.6 is 0 Å². The molecule has 0 saturated heterocycles. The van der Waals surface area contributed by atoms with Crippen LogP contribution in [-0.4, -0.2) is 15.3 Å². The molecule has 3 N–H and O–H groups in total. The Bertz CT molecular complexity index is 306. The van der Waals surface area contributed by atoms with Gasteiger partial charge in [-0.3, -0.25) is 0 Å². The largest absolute Gasteiger partial charge is 0.508 e. The standard InChI is InChI=1S/C6H4N2O3/c7-8-6-4(10)1-3(9)2-5(6)11/h1-2H,(H2-,9,10,11)/p+1. The molecule has 0 fully saturated rings. The first-order valence-electron chi connectivity index (χ1n) is 2.75. The number of phenolic OH excluding ortho intramolecular Hbond substituents is 3. The normalized spacial score (nSPS) is 9.00. The van der Waals surface area contributed by atoms with E-state index in [9.17, 15) is 0 Å². The first kappa shape index (κ1) is 7.15. The second-order valence-electron chi connectivity index (χ2n) is 1.93. The summed E-state index contributed by atoms with van der Waals surface area (Å²) in [5.41, 5.74) is -0.359. The Balaban J connectivity index is 3.40. The number of nitrogens with zero attached hydrogens (tertiary/aromatic N) is 2. The van der Waals surface area contributed by atoms with Crippen molar-refractivity contribution in [1.82, 2.24) is 0 Å². The molecule has 0 aromatic heterocycles. The van der Waals surface area contributed by atoms with Crippen LogP contribution in [0.3, 0.4) is 0 Å². The molecule has 1 aromatic carbocycles. The van der Waals surface area contributed by atoms with E-state index in [0.29, 0.717) is 0 Å². The fourth-order valence-electron chi connectivity index (χ4n) is 0.692. The summed E-state index contributed by atoms with van der Waals surface area (Å²) in [6, 6.07) is 1.91. The predicted octanol–water partition coefficient (Wildman–Crippen LogP) is 1.29. The molecular formula is C6H5N2O3+. The molecule has 0 unspecified atom stereocenters. The van der Waals surface area contributed by atoms with Crippen LogP contribution in [0, 0.1) is 5.39 Å². The maximum atomic E-state index is 8.90. The lowest BCUT2D eigenvalue weighted by atomic mass is 10.2. The van der Waals surface area contributed by atoms with E-state index in [1.807, 2.05) is 0 Å². The monoisotopic (exact) mass is 153 g/mol. The molecule has 56 valence electrons. The van der Waals surface area contributed by atoms with Gasteiger partial charge >= 0.3 is 5.69 Å². The van der Waals surface area contributed by atoms with Gasteiger partial charge in [0.2, 0.25) is 16.9 Å². The third kappa shape index (κ3) is 1.14. The van der Waals surface area contributed by atoms with Gasteiger partial charge in [-0.25, -0.2) is 0 Å². The lowest BCUT2D eigenvalue weighted by Crippen LogP contribution is -1.69. The zero-order valence-corrected chi connectivity index (χ0v) is 5.39. The molecule has 0 bridgehead atoms. The molecule has 0 spiro atoms. The van der Waals surface area contributed by atoms with Gasteiger partial charge in [0, 0.05) is 12.1 Å². The van der Waals surface area contributed by atoms with E-state index in [-0.39, 0.29) is 11.4 Å². The Morgan fingerprint density at radius 2 is 1.55 bits per heavy atom. The van der Waals surface area contributed by atoms with Gasteiger partial charge in [0.15, 0.2) is 4.98 Å². The molecule has 1 aromatic rings. The fourth-order valence-corrected chi connectivity index (χ4v) is 0.692. The Morgan fingerprint density at radius 3 is 1.91 bits per heavy atom. The summed E-state index contributed by atoms with van der Waals surface area (Å²) in [4.78, 5) is 2.60. The number of benzene rings is 1. The number of hydrogen-bond acceptors (Lipinski definition) is 4. The van der Waals surface area contributed by atoms with Crippen molar-refractivity contribution in [3.05, 3.63) is 17.1 Å². The highest BCUT2D eigenvalue weighted by Crippen LogP contribution is 2.38. The van der Waals surface area contributed by atoms with Crippen LogP contribution in [0.4, 0.5) is 5.69 Å². The van der Waals surface area contributed by atoms with Crippen molar-refractivity contribution in [1.29, 1.82) is 5.39 Å². The molecule has 0 saturated carbocycles. The topological polar surface area (TPSA) is 88.8 Å². The van der Waals surface area contributed by atoms with Gasteiger partial charge in [-0.15, -0.1) is 0 Å². The quantitative estimate of drug-likeness (QED) is 0.490. The van der Waals surface area contributed by atoms with Crippen molar-refractivity contribution < 1.29 is 15.3 Å². The molecule has 0 aliphatic rings. The summed E-state index contributed by atoms with van der Waals surface area (Å²) in [5.74, 6) is -1.26. The van der Waals surface area contributed by atoms with Gasteiger partial charge in [0.25, 0.3) is 0 Å². The lowest BCUT2D eigenvalue weighted by molar-refractivity contribution is 0.432. The molecule has 0 amide bonds. The van der Waals surface area contributed by atoms with Crippen LogP contribution in [0.25, 0.3) is 4.98 Å². The summed E-state index contributed by atoms with van der Waals surface area (Å²) in [6.07, 6.45) is 0. The number of aromatic hydroxyl groups is 3. The highest BCUT2D eigenvalue weighted by molar-refractivity contribution is 5.67. The zero-order chi connectivity index (χ0) is 8.43. The minimum atomic E-state index is -0.481. The average molecular weight is 153 g/mol. The van der Waals surface area contributed by atoms with E-state index in [0.717, 1.165) is 12.1 Å². The zero-order valence-electron chi connectivity index (χ0n) is 5.39. The van der Waals surface area contributed by atoms with Crippen molar-refractivity contribution in [3.8, 4) is 17.2 Å². The van der Waals surface area contributed by atoms with Gasteiger partial charge in [-0.05, 0) is 0 Å². The van der Waals surface area contributed by atoms with Crippen molar-refractivity contribution in [3.63, 3.8) is 0 Å². The molecule has 5 heteroatoms. The smallest absolute Gasteiger partial charge is 0.467 e. The van der Waals surface area contributed by atoms with Gasteiger partial charge in [0.05, 0.1) is 0 Å². The maximum Gasteiger partial charge on any atom is 0.467 e. The van der Waals surface area contributed by atoms with E-state index < -0.39 is 11.5 Å². The van der Waals surface area contributed by atoms with Crippen LogP contribution < -0.4 is 0 Å². The third-order valence-corrected chi connectivity index (χ3v) is 1.15. The molecule has 1 rings (SSSR count). The van der Waals surface area contributed by atoms with Gasteiger partial charge in [0.1, 0.15) is 5.75 Å². The molecule has 0 aliphatic carbocycles. The summed E-state index contributed by atoms with van der Waals surface area (Å²) in [5, 5.41) is 34.8. The molecular weight excluding hydrogens is 148 g/mol. The SMILES string of the molecule is N#[N+]c1c(O)cc(O)cc1O. The number of rotatable bonds is 0. The fraction of sp³-hybridized carbons (Fsp3) is 0. The predicted molar refractivity (Wildman–Crippen MR) is 36.2 cm³/mol. The Kier molecular flexibility index (Phi) is 1.52. The van der Waals surface area contributed by atoms with Gasteiger partial charge in [-0.2, -0.15) is 0 Å². The van der Waals surface area contributed by atoms with E-state index in [1.165, 1.54) is 0 Å². The second-order valence-corrected chi connectivity index (χ2v) is 1.93. The van der Waals surface area contributed by atoms with Crippen LogP contribution in [-0.2, 0) is 0 Å². The lowest BCUT2D eigenvalue weighted by Gasteiger charge is -1.91. The first-order valence-corrected chi connectivity index (χ1v) is 2.75. The van der Waals surface area contributed by atoms with Crippen LogP contribution in [0.1, 0.15) is 0 Å².